The van der Waals surface area contributed by atoms with Gasteiger partial charge in [0.05, 0.1) is 5.69 Å². The molecule has 0 N–H and O–H groups in total. The van der Waals surface area contributed by atoms with Gasteiger partial charge in [-0.3, -0.25) is 9.97 Å². The van der Waals surface area contributed by atoms with Gasteiger partial charge in [0.15, 0.2) is 0 Å². The molecule has 43 heavy (non-hydrogen) atoms. The van der Waals surface area contributed by atoms with Crippen LogP contribution in [0.4, 0.5) is 0 Å². The van der Waals surface area contributed by atoms with Crippen molar-refractivity contribution < 1.29 is 21.1 Å². The normalized spacial score (nSPS) is 12.2. The Bertz CT molecular complexity index is 1920. The second kappa shape index (κ2) is 11.5. The van der Waals surface area contributed by atoms with E-state index in [-0.39, 0.29) is 31.9 Å². The topological polar surface area (TPSA) is 39.9 Å². The summed E-state index contributed by atoms with van der Waals surface area (Å²) in [5, 5.41) is 2.35. The van der Waals surface area contributed by atoms with Gasteiger partial charge in [-0.2, -0.15) is 5.52 Å². The van der Waals surface area contributed by atoms with E-state index in [1.807, 2.05) is 18.3 Å². The average Bonchev–Trinajstić information content (AvgIpc) is 3.34. The van der Waals surface area contributed by atoms with Crippen molar-refractivity contribution in [3.8, 4) is 33.6 Å². The van der Waals surface area contributed by atoms with E-state index in [4.69, 9.17) is 15.0 Å². The molecule has 220 valence electrons. The molecule has 0 saturated carbocycles. The number of hydrogen-bond acceptors (Lipinski definition) is 2. The van der Waals surface area contributed by atoms with Gasteiger partial charge in [0, 0.05) is 17.6 Å². The van der Waals surface area contributed by atoms with Crippen molar-refractivity contribution in [1.82, 2.24) is 15.0 Å². The fourth-order valence-corrected chi connectivity index (χ4v) is 5.52. The number of nitrogens with zero attached hydrogens (tertiary/aromatic N) is 3. The minimum absolute atomic E-state index is 0. The van der Waals surface area contributed by atoms with E-state index in [2.05, 4.69) is 128 Å². The Hall–Kier alpha value is -3.55. The van der Waals surface area contributed by atoms with Gasteiger partial charge in [-0.15, -0.1) is 35.3 Å². The van der Waals surface area contributed by atoms with Crippen LogP contribution in [-0.2, 0) is 31.9 Å². The third-order valence-electron chi connectivity index (χ3n) is 8.13. The second-order valence-electron chi connectivity index (χ2n) is 13.7. The van der Waals surface area contributed by atoms with E-state index in [1.54, 1.807) is 0 Å². The van der Waals surface area contributed by atoms with Crippen molar-refractivity contribution in [1.29, 1.82) is 0 Å². The molecule has 0 radical (unpaired) electrons. The molecule has 3 aromatic carbocycles. The number of fused-ring (bicyclic) bond motifs is 3. The quantitative estimate of drug-likeness (QED) is 0.169. The summed E-state index contributed by atoms with van der Waals surface area (Å²) in [6.45, 7) is 18.0. The fourth-order valence-electron chi connectivity index (χ4n) is 5.52. The number of hydrogen-bond donors (Lipinski definition) is 0. The molecule has 0 spiro atoms. The van der Waals surface area contributed by atoms with Crippen LogP contribution in [0.15, 0.2) is 85.1 Å². The molecule has 0 unspecified atom stereocenters. The average molecular weight is 745 g/mol. The van der Waals surface area contributed by atoms with Crippen LogP contribution in [0, 0.1) is 6.07 Å². The van der Waals surface area contributed by atoms with Crippen LogP contribution in [0.5, 0.6) is 0 Å². The predicted octanol–water partition coefficient (Wildman–Crippen LogP) is 10.3. The van der Waals surface area contributed by atoms with Crippen molar-refractivity contribution in [2.75, 3.05) is 0 Å². The Kier molecular flexibility index (Phi) is 8.27. The molecule has 0 amide bonds. The molecule has 3 nitrogen and oxygen atoms in total. The molecule has 6 aromatic rings. The van der Waals surface area contributed by atoms with Crippen molar-refractivity contribution in [2.24, 2.45) is 0 Å². The molecular formula is C39H39N3Pt. The van der Waals surface area contributed by atoms with E-state index in [1.165, 1.54) is 21.9 Å². The molecular weight excluding hydrogens is 706 g/mol. The fraction of sp³-hybridized carbons (Fsp3) is 0.282. The summed E-state index contributed by atoms with van der Waals surface area (Å²) in [7, 11) is 0. The molecule has 0 atom stereocenters. The summed E-state index contributed by atoms with van der Waals surface area (Å²) in [6.07, 6.45) is 1.86. The maximum absolute atomic E-state index is 5.38. The van der Waals surface area contributed by atoms with Crippen molar-refractivity contribution in [3.63, 3.8) is 0 Å². The van der Waals surface area contributed by atoms with Crippen LogP contribution in [-0.4, -0.2) is 9.97 Å². The SMILES string of the molecule is CC(C)c1cccc(-c2[c-]c(-c3cc(C(C)(C)C)cc4c3[n-]c3c(-c5ccccn5)cc(C(C)(C)C)cc34)ccc2)n1.[Pt+2]. The van der Waals surface area contributed by atoms with Crippen LogP contribution in [0.2, 0.25) is 0 Å². The molecule has 0 aliphatic carbocycles. The molecule has 0 aliphatic heterocycles. The summed E-state index contributed by atoms with van der Waals surface area (Å²) in [6, 6.07) is 31.7. The summed E-state index contributed by atoms with van der Waals surface area (Å²) < 4.78 is 0. The first-order chi connectivity index (χ1) is 19.9. The van der Waals surface area contributed by atoms with Gasteiger partial charge < -0.3 is 4.98 Å². The van der Waals surface area contributed by atoms with Crippen molar-refractivity contribution in [2.45, 2.75) is 72.1 Å². The minimum atomic E-state index is -0.0389. The zero-order chi connectivity index (χ0) is 29.8. The summed E-state index contributed by atoms with van der Waals surface area (Å²) in [4.78, 5) is 15.1. The largest absolute Gasteiger partial charge is 2.00 e. The van der Waals surface area contributed by atoms with Crippen molar-refractivity contribution >= 4 is 21.8 Å². The first kappa shape index (κ1) is 30.9. The molecule has 6 rings (SSSR count). The smallest absolute Gasteiger partial charge is 0.662 e. The van der Waals surface area contributed by atoms with Crippen molar-refractivity contribution in [3.05, 3.63) is 108 Å². The Morgan fingerprint density at radius 2 is 1.23 bits per heavy atom. The Morgan fingerprint density at radius 1 is 0.651 bits per heavy atom. The number of benzene rings is 3. The monoisotopic (exact) mass is 744 g/mol. The molecule has 0 aliphatic rings. The zero-order valence-electron chi connectivity index (χ0n) is 26.3. The summed E-state index contributed by atoms with van der Waals surface area (Å²) >= 11 is 0. The standard InChI is InChI=1S/C39H39N3.Pt/c1-24(2)33-16-12-17-34(41-33)26-14-11-13-25(19-26)29-20-27(38(3,4)5)21-30-31-22-28(39(6,7)8)23-32(37(31)42-36(29)30)35-15-9-10-18-40-35;/h9-18,20-24H,1-8H3;/q-2;+2. The summed E-state index contributed by atoms with van der Waals surface area (Å²) in [5.74, 6) is 0.364. The molecule has 4 heteroatoms. The predicted molar refractivity (Wildman–Crippen MR) is 177 cm³/mol. The number of pyridine rings is 2. The van der Waals surface area contributed by atoms with Gasteiger partial charge in [-0.1, -0.05) is 109 Å². The van der Waals surface area contributed by atoms with Gasteiger partial charge in [0.2, 0.25) is 0 Å². The molecule has 0 fully saturated rings. The van der Waals surface area contributed by atoms with Gasteiger partial charge >= 0.3 is 21.1 Å². The van der Waals surface area contributed by atoms with E-state index in [0.717, 1.165) is 50.4 Å². The molecule has 3 heterocycles. The van der Waals surface area contributed by atoms with Gasteiger partial charge in [0.1, 0.15) is 0 Å². The van der Waals surface area contributed by atoms with Crippen LogP contribution in [0.1, 0.15) is 78.1 Å². The van der Waals surface area contributed by atoms with Crippen LogP contribution < -0.4 is 4.98 Å². The third-order valence-corrected chi connectivity index (χ3v) is 8.13. The first-order valence-corrected chi connectivity index (χ1v) is 14.9. The number of aromatic nitrogens is 3. The van der Waals surface area contributed by atoms with Crippen LogP contribution in [0.3, 0.4) is 0 Å². The minimum Gasteiger partial charge on any atom is -0.662 e. The van der Waals surface area contributed by atoms with Gasteiger partial charge in [-0.05, 0) is 62.4 Å². The van der Waals surface area contributed by atoms with Gasteiger partial charge in [-0.25, -0.2) is 0 Å². The Labute approximate surface area is 270 Å². The zero-order valence-corrected chi connectivity index (χ0v) is 28.6. The first-order valence-electron chi connectivity index (χ1n) is 14.9. The van der Waals surface area contributed by atoms with E-state index >= 15 is 0 Å². The van der Waals surface area contributed by atoms with E-state index in [9.17, 15) is 0 Å². The molecule has 3 aromatic heterocycles. The Morgan fingerprint density at radius 3 is 1.84 bits per heavy atom. The van der Waals surface area contributed by atoms with Gasteiger partial charge in [0.25, 0.3) is 0 Å². The Balaban J connectivity index is 0.00000368. The molecule has 0 saturated heterocycles. The third kappa shape index (κ3) is 5.98. The maximum Gasteiger partial charge on any atom is 2.00 e. The number of rotatable bonds is 4. The van der Waals surface area contributed by atoms with Crippen LogP contribution in [0.25, 0.3) is 55.4 Å². The maximum atomic E-state index is 5.38. The summed E-state index contributed by atoms with van der Waals surface area (Å²) in [5.41, 5.74) is 11.6. The van der Waals surface area contributed by atoms with E-state index in [0.29, 0.717) is 5.92 Å². The van der Waals surface area contributed by atoms with E-state index < -0.39 is 0 Å². The van der Waals surface area contributed by atoms with Crippen LogP contribution >= 0.6 is 0 Å². The second-order valence-corrected chi connectivity index (χ2v) is 13.7. The molecule has 0 bridgehead atoms.